The van der Waals surface area contributed by atoms with Gasteiger partial charge < -0.3 is 5.11 Å². The van der Waals surface area contributed by atoms with Gasteiger partial charge in [-0.05, 0) is 13.3 Å². The van der Waals surface area contributed by atoms with Crippen molar-refractivity contribution in [2.45, 2.75) is 19.4 Å². The molecule has 0 aromatic carbocycles. The van der Waals surface area contributed by atoms with E-state index in [1.54, 1.807) is 6.92 Å². The van der Waals surface area contributed by atoms with Crippen LogP contribution in [0.5, 0.6) is 0 Å². The number of nitrogens with zero attached hydrogens (tertiary/aromatic N) is 1. The quantitative estimate of drug-likeness (QED) is 0.700. The standard InChI is InChI=1S/C7H11NO3S/c1-5(9)2-3-8-6(10)4-12-7(8)11/h5,9H,2-4H2,1H3. The first kappa shape index (κ1) is 9.54. The topological polar surface area (TPSA) is 57.6 Å². The van der Waals surface area contributed by atoms with Crippen molar-refractivity contribution in [1.82, 2.24) is 4.90 Å². The summed E-state index contributed by atoms with van der Waals surface area (Å²) in [6.07, 6.45) is -0.00546. The molecular formula is C7H11NO3S. The Morgan fingerprint density at radius 2 is 2.33 bits per heavy atom. The molecule has 4 nitrogen and oxygen atoms in total. The van der Waals surface area contributed by atoms with Crippen LogP contribution < -0.4 is 0 Å². The maximum absolute atomic E-state index is 11.0. The number of rotatable bonds is 3. The molecule has 5 heteroatoms. The van der Waals surface area contributed by atoms with Crippen LogP contribution in [0.4, 0.5) is 4.79 Å². The summed E-state index contributed by atoms with van der Waals surface area (Å²) in [5.74, 6) is 0.101. The van der Waals surface area contributed by atoms with Crippen molar-refractivity contribution in [2.75, 3.05) is 12.3 Å². The van der Waals surface area contributed by atoms with E-state index in [1.165, 1.54) is 4.90 Å². The lowest BCUT2D eigenvalue weighted by Crippen LogP contribution is -2.31. The van der Waals surface area contributed by atoms with Crippen LogP contribution in [0.25, 0.3) is 0 Å². The summed E-state index contributed by atoms with van der Waals surface area (Å²) in [5, 5.41) is 8.74. The first-order valence-electron chi connectivity index (χ1n) is 3.76. The van der Waals surface area contributed by atoms with Crippen molar-refractivity contribution in [2.24, 2.45) is 0 Å². The van der Waals surface area contributed by atoms with Gasteiger partial charge in [0.15, 0.2) is 0 Å². The van der Waals surface area contributed by atoms with E-state index in [1.807, 2.05) is 0 Å². The molecule has 0 aromatic heterocycles. The van der Waals surface area contributed by atoms with Crippen LogP contribution in [0.15, 0.2) is 0 Å². The lowest BCUT2D eigenvalue weighted by Gasteiger charge is -2.13. The zero-order chi connectivity index (χ0) is 9.14. The second-order valence-electron chi connectivity index (χ2n) is 2.74. The van der Waals surface area contributed by atoms with Gasteiger partial charge in [-0.25, -0.2) is 0 Å². The van der Waals surface area contributed by atoms with Gasteiger partial charge in [0, 0.05) is 6.54 Å². The van der Waals surface area contributed by atoms with Crippen LogP contribution in [0.1, 0.15) is 13.3 Å². The second-order valence-corrected chi connectivity index (χ2v) is 3.66. The summed E-state index contributed by atoms with van der Waals surface area (Å²) in [7, 11) is 0. The number of carbonyl (C=O) groups is 2. The highest BCUT2D eigenvalue weighted by Gasteiger charge is 2.29. The van der Waals surface area contributed by atoms with E-state index in [0.29, 0.717) is 13.0 Å². The van der Waals surface area contributed by atoms with E-state index in [-0.39, 0.29) is 16.9 Å². The Kier molecular flexibility index (Phi) is 3.11. The average molecular weight is 189 g/mol. The molecule has 1 saturated heterocycles. The fourth-order valence-corrected chi connectivity index (χ4v) is 1.66. The van der Waals surface area contributed by atoms with Crippen molar-refractivity contribution in [1.29, 1.82) is 0 Å². The molecule has 0 saturated carbocycles. The Morgan fingerprint density at radius 1 is 1.67 bits per heavy atom. The number of hydrogen-bond donors (Lipinski definition) is 1. The third kappa shape index (κ3) is 2.22. The van der Waals surface area contributed by atoms with Crippen molar-refractivity contribution >= 4 is 22.9 Å². The number of imide groups is 1. The number of thioether (sulfide) groups is 1. The van der Waals surface area contributed by atoms with E-state index >= 15 is 0 Å². The first-order chi connectivity index (χ1) is 5.61. The molecule has 2 amide bonds. The van der Waals surface area contributed by atoms with Crippen molar-refractivity contribution in [3.8, 4) is 0 Å². The molecule has 1 unspecified atom stereocenters. The first-order valence-corrected chi connectivity index (χ1v) is 4.75. The molecule has 1 aliphatic rings. The molecule has 0 aromatic rings. The van der Waals surface area contributed by atoms with Gasteiger partial charge in [-0.2, -0.15) is 0 Å². The van der Waals surface area contributed by atoms with E-state index in [9.17, 15) is 9.59 Å². The van der Waals surface area contributed by atoms with E-state index in [4.69, 9.17) is 5.11 Å². The van der Waals surface area contributed by atoms with Gasteiger partial charge in [0.2, 0.25) is 5.91 Å². The molecule has 1 aliphatic heterocycles. The minimum Gasteiger partial charge on any atom is -0.393 e. The molecule has 1 fully saturated rings. The highest BCUT2D eigenvalue weighted by atomic mass is 32.2. The van der Waals surface area contributed by atoms with Crippen LogP contribution in [-0.4, -0.2) is 39.6 Å². The normalized spacial score (nSPS) is 20.3. The van der Waals surface area contributed by atoms with Gasteiger partial charge >= 0.3 is 0 Å². The zero-order valence-electron chi connectivity index (χ0n) is 6.82. The fourth-order valence-electron chi connectivity index (χ4n) is 0.913. The lowest BCUT2D eigenvalue weighted by atomic mass is 10.3. The van der Waals surface area contributed by atoms with Crippen LogP contribution >= 0.6 is 11.8 Å². The van der Waals surface area contributed by atoms with E-state index in [0.717, 1.165) is 11.8 Å². The van der Waals surface area contributed by atoms with Crippen molar-refractivity contribution in [3.05, 3.63) is 0 Å². The highest BCUT2D eigenvalue weighted by molar-refractivity contribution is 8.14. The molecule has 0 bridgehead atoms. The van der Waals surface area contributed by atoms with Crippen molar-refractivity contribution in [3.63, 3.8) is 0 Å². The van der Waals surface area contributed by atoms with Gasteiger partial charge in [0.1, 0.15) is 0 Å². The van der Waals surface area contributed by atoms with E-state index in [2.05, 4.69) is 0 Å². The number of aliphatic hydroxyl groups excluding tert-OH is 1. The summed E-state index contributed by atoms with van der Waals surface area (Å²) < 4.78 is 0. The lowest BCUT2D eigenvalue weighted by molar-refractivity contribution is -0.124. The monoisotopic (exact) mass is 189 g/mol. The van der Waals surface area contributed by atoms with E-state index < -0.39 is 6.10 Å². The maximum atomic E-state index is 11.0. The number of aliphatic hydroxyl groups is 1. The Hall–Kier alpha value is -0.550. The molecule has 1 heterocycles. The van der Waals surface area contributed by atoms with Crippen LogP contribution in [0.3, 0.4) is 0 Å². The Morgan fingerprint density at radius 3 is 2.75 bits per heavy atom. The highest BCUT2D eigenvalue weighted by Crippen LogP contribution is 2.18. The smallest absolute Gasteiger partial charge is 0.288 e. The van der Waals surface area contributed by atoms with Crippen LogP contribution in [0, 0.1) is 0 Å². The maximum Gasteiger partial charge on any atom is 0.288 e. The number of hydrogen-bond acceptors (Lipinski definition) is 4. The molecule has 1 N–H and O–H groups in total. The molecule has 0 spiro atoms. The van der Waals surface area contributed by atoms with Gasteiger partial charge in [0.25, 0.3) is 5.24 Å². The Balaban J connectivity index is 2.40. The van der Waals surface area contributed by atoms with Gasteiger partial charge in [0.05, 0.1) is 11.9 Å². The molecular weight excluding hydrogens is 178 g/mol. The van der Waals surface area contributed by atoms with Gasteiger partial charge in [-0.3, -0.25) is 14.5 Å². The zero-order valence-corrected chi connectivity index (χ0v) is 7.63. The number of carbonyl (C=O) groups excluding carboxylic acids is 2. The summed E-state index contributed by atoms with van der Waals surface area (Å²) in [6, 6.07) is 0. The van der Waals surface area contributed by atoms with Gasteiger partial charge in [-0.15, -0.1) is 0 Å². The van der Waals surface area contributed by atoms with Crippen LogP contribution in [-0.2, 0) is 4.79 Å². The van der Waals surface area contributed by atoms with Crippen LogP contribution in [0.2, 0.25) is 0 Å². The molecule has 0 aliphatic carbocycles. The summed E-state index contributed by atoms with van der Waals surface area (Å²) >= 11 is 1.02. The largest absolute Gasteiger partial charge is 0.393 e. The van der Waals surface area contributed by atoms with Gasteiger partial charge in [-0.1, -0.05) is 11.8 Å². The molecule has 68 valence electrons. The second kappa shape index (κ2) is 3.91. The molecule has 1 atom stereocenters. The summed E-state index contributed by atoms with van der Waals surface area (Å²) in [4.78, 5) is 23.2. The average Bonchev–Trinajstić information content (AvgIpc) is 2.28. The third-order valence-corrected chi connectivity index (χ3v) is 2.47. The number of amides is 2. The minimum atomic E-state index is -0.462. The Bertz CT molecular complexity index is 189. The fraction of sp³-hybridized carbons (Fsp3) is 0.714. The third-order valence-electron chi connectivity index (χ3n) is 1.61. The summed E-state index contributed by atoms with van der Waals surface area (Å²) in [5.41, 5.74) is 0. The SMILES string of the molecule is CC(O)CCN1C(=O)CSC1=O. The molecule has 0 radical (unpaired) electrons. The predicted octanol–water partition coefficient (Wildman–Crippen LogP) is 0.453. The Labute approximate surface area is 74.9 Å². The minimum absolute atomic E-state index is 0.148. The van der Waals surface area contributed by atoms with Crippen molar-refractivity contribution < 1.29 is 14.7 Å². The summed E-state index contributed by atoms with van der Waals surface area (Å²) in [6.45, 7) is 1.97. The molecule has 1 rings (SSSR count). The predicted molar refractivity (Wildman–Crippen MR) is 45.9 cm³/mol. The molecule has 12 heavy (non-hydrogen) atoms.